The number of rotatable bonds is 6. The van der Waals surface area contributed by atoms with Crippen LogP contribution >= 0.6 is 0 Å². The van der Waals surface area contributed by atoms with Crippen molar-refractivity contribution in [1.82, 2.24) is 18.8 Å². The quantitative estimate of drug-likeness (QED) is 0.740. The van der Waals surface area contributed by atoms with E-state index < -0.39 is 10.2 Å². The number of nitrogens with one attached hydrogen (secondary N) is 1. The Labute approximate surface area is 173 Å². The minimum atomic E-state index is -3.42. The summed E-state index contributed by atoms with van der Waals surface area (Å²) < 4.78 is 27.0. The van der Waals surface area contributed by atoms with Crippen LogP contribution in [-0.4, -0.2) is 73.5 Å². The molecule has 2 aliphatic rings. The molecule has 0 radical (unpaired) electrons. The van der Waals surface area contributed by atoms with Crippen molar-refractivity contribution in [2.45, 2.75) is 38.3 Å². The van der Waals surface area contributed by atoms with Crippen LogP contribution in [0.2, 0.25) is 0 Å². The monoisotopic (exact) mass is 422 g/mol. The molecular weight excluding hydrogens is 392 g/mol. The molecule has 29 heavy (non-hydrogen) atoms. The fourth-order valence-corrected chi connectivity index (χ4v) is 5.11. The van der Waals surface area contributed by atoms with E-state index in [9.17, 15) is 18.0 Å². The molecule has 2 heterocycles. The molecule has 1 N–H and O–H groups in total. The van der Waals surface area contributed by atoms with Crippen LogP contribution in [0.5, 0.6) is 0 Å². The summed E-state index contributed by atoms with van der Waals surface area (Å²) in [5.41, 5.74) is 1.05. The predicted molar refractivity (Wildman–Crippen MR) is 110 cm³/mol. The van der Waals surface area contributed by atoms with Crippen molar-refractivity contribution in [3.8, 4) is 0 Å². The van der Waals surface area contributed by atoms with Gasteiger partial charge in [0.1, 0.15) is 0 Å². The maximum atomic E-state index is 12.7. The molecule has 2 fully saturated rings. The van der Waals surface area contributed by atoms with Crippen molar-refractivity contribution in [2.75, 3.05) is 33.7 Å². The van der Waals surface area contributed by atoms with E-state index in [-0.39, 0.29) is 36.2 Å². The Balaban J connectivity index is 1.53. The van der Waals surface area contributed by atoms with Gasteiger partial charge in [-0.1, -0.05) is 30.3 Å². The van der Waals surface area contributed by atoms with E-state index in [0.717, 1.165) is 5.56 Å². The normalized spacial score (nSPS) is 22.8. The van der Waals surface area contributed by atoms with E-state index in [2.05, 4.69) is 5.32 Å². The molecule has 2 unspecified atom stereocenters. The standard InChI is InChI=1S/C20H30N4O4S/c1-15(16-7-5-4-6-8-16)24-14-17(13-19(24)25)20(26)21-18-9-11-23(12-10-18)29(27,28)22(2)3/h4-8,15,17-18H,9-14H2,1-3H3,(H,21,26). The SMILES string of the molecule is CC(c1ccccc1)N1CC(C(=O)NC2CCN(S(=O)(=O)N(C)C)CC2)CC1=O. The van der Waals surface area contributed by atoms with Gasteiger partial charge in [-0.3, -0.25) is 9.59 Å². The first kappa shape index (κ1) is 21.7. The van der Waals surface area contributed by atoms with Crippen molar-refractivity contribution < 1.29 is 18.0 Å². The maximum absolute atomic E-state index is 12.7. The number of hydrogen-bond donors (Lipinski definition) is 1. The Kier molecular flexibility index (Phi) is 6.60. The third kappa shape index (κ3) is 4.79. The number of likely N-dealkylation sites (tertiary alicyclic amines) is 1. The van der Waals surface area contributed by atoms with E-state index >= 15 is 0 Å². The van der Waals surface area contributed by atoms with Crippen molar-refractivity contribution in [1.29, 1.82) is 0 Å². The summed E-state index contributed by atoms with van der Waals surface area (Å²) in [6.45, 7) is 3.15. The Hall–Kier alpha value is -1.97. The van der Waals surface area contributed by atoms with Crippen molar-refractivity contribution in [3.05, 3.63) is 35.9 Å². The number of nitrogens with zero attached hydrogens (tertiary/aromatic N) is 3. The molecule has 2 amide bonds. The second-order valence-corrected chi connectivity index (χ2v) is 10.1. The number of piperidine rings is 1. The number of amides is 2. The van der Waals surface area contributed by atoms with Gasteiger partial charge in [-0.15, -0.1) is 0 Å². The Bertz CT molecular complexity index is 835. The summed E-state index contributed by atoms with van der Waals surface area (Å²) in [5, 5.41) is 3.03. The number of carbonyl (C=O) groups is 2. The highest BCUT2D eigenvalue weighted by molar-refractivity contribution is 7.86. The van der Waals surface area contributed by atoms with Gasteiger partial charge in [0.15, 0.2) is 0 Å². The summed E-state index contributed by atoms with van der Waals surface area (Å²) in [6.07, 6.45) is 1.37. The lowest BCUT2D eigenvalue weighted by Gasteiger charge is -2.33. The van der Waals surface area contributed by atoms with Crippen LogP contribution < -0.4 is 5.32 Å². The molecule has 8 nitrogen and oxygen atoms in total. The number of carbonyl (C=O) groups excluding carboxylic acids is 2. The van der Waals surface area contributed by atoms with Crippen LogP contribution in [0.4, 0.5) is 0 Å². The molecule has 1 aromatic rings. The predicted octanol–water partition coefficient (Wildman–Crippen LogP) is 0.983. The molecule has 2 atom stereocenters. The summed E-state index contributed by atoms with van der Waals surface area (Å²) in [4.78, 5) is 27.0. The Morgan fingerprint density at radius 3 is 2.38 bits per heavy atom. The van der Waals surface area contributed by atoms with Gasteiger partial charge in [0.25, 0.3) is 10.2 Å². The van der Waals surface area contributed by atoms with Crippen molar-refractivity contribution >= 4 is 22.0 Å². The Morgan fingerprint density at radius 1 is 1.17 bits per heavy atom. The third-order valence-corrected chi connectivity index (χ3v) is 7.81. The lowest BCUT2D eigenvalue weighted by atomic mass is 10.0. The van der Waals surface area contributed by atoms with Crippen LogP contribution in [0, 0.1) is 5.92 Å². The van der Waals surface area contributed by atoms with Gasteiger partial charge in [-0.2, -0.15) is 17.0 Å². The van der Waals surface area contributed by atoms with E-state index in [1.165, 1.54) is 22.7 Å². The zero-order chi connectivity index (χ0) is 21.2. The topological polar surface area (TPSA) is 90.0 Å². The minimum Gasteiger partial charge on any atom is -0.353 e. The first-order valence-corrected chi connectivity index (χ1v) is 11.4. The second-order valence-electron chi connectivity index (χ2n) is 8.01. The van der Waals surface area contributed by atoms with Gasteiger partial charge in [0.2, 0.25) is 11.8 Å². The van der Waals surface area contributed by atoms with E-state index in [0.29, 0.717) is 32.5 Å². The lowest BCUT2D eigenvalue weighted by Crippen LogP contribution is -2.50. The molecule has 0 aromatic heterocycles. The largest absolute Gasteiger partial charge is 0.353 e. The molecule has 1 aromatic carbocycles. The number of hydrogen-bond acceptors (Lipinski definition) is 4. The Morgan fingerprint density at radius 2 is 1.79 bits per heavy atom. The first-order chi connectivity index (χ1) is 13.7. The number of benzene rings is 1. The van der Waals surface area contributed by atoms with Gasteiger partial charge in [-0.05, 0) is 25.3 Å². The average molecular weight is 423 g/mol. The average Bonchev–Trinajstić information content (AvgIpc) is 3.10. The van der Waals surface area contributed by atoms with Crippen LogP contribution in [0.1, 0.15) is 37.8 Å². The van der Waals surface area contributed by atoms with Gasteiger partial charge in [0.05, 0.1) is 12.0 Å². The van der Waals surface area contributed by atoms with Gasteiger partial charge in [-0.25, -0.2) is 0 Å². The maximum Gasteiger partial charge on any atom is 0.281 e. The highest BCUT2D eigenvalue weighted by Gasteiger charge is 2.38. The van der Waals surface area contributed by atoms with Gasteiger partial charge >= 0.3 is 0 Å². The van der Waals surface area contributed by atoms with Crippen molar-refractivity contribution in [2.24, 2.45) is 5.92 Å². The van der Waals surface area contributed by atoms with Crippen molar-refractivity contribution in [3.63, 3.8) is 0 Å². The second kappa shape index (κ2) is 8.81. The molecule has 0 aliphatic carbocycles. The summed E-state index contributed by atoms with van der Waals surface area (Å²) >= 11 is 0. The molecule has 160 valence electrons. The van der Waals surface area contributed by atoms with E-state index in [1.54, 1.807) is 4.90 Å². The van der Waals surface area contributed by atoms with Gasteiger partial charge in [0, 0.05) is 46.2 Å². The summed E-state index contributed by atoms with van der Waals surface area (Å²) in [7, 11) is -0.383. The molecular formula is C20H30N4O4S. The fourth-order valence-electron chi connectivity index (χ4n) is 3.97. The van der Waals surface area contributed by atoms with Crippen LogP contribution in [0.25, 0.3) is 0 Å². The molecule has 9 heteroatoms. The smallest absolute Gasteiger partial charge is 0.281 e. The van der Waals surface area contributed by atoms with Crippen LogP contribution in [0.3, 0.4) is 0 Å². The zero-order valence-corrected chi connectivity index (χ0v) is 18.1. The highest BCUT2D eigenvalue weighted by atomic mass is 32.2. The van der Waals surface area contributed by atoms with Crippen LogP contribution in [-0.2, 0) is 19.8 Å². The molecule has 0 spiro atoms. The fraction of sp³-hybridized carbons (Fsp3) is 0.600. The molecule has 2 aliphatic heterocycles. The summed E-state index contributed by atoms with van der Waals surface area (Å²) in [6, 6.07) is 9.67. The molecule has 0 bridgehead atoms. The molecule has 0 saturated carbocycles. The van der Waals surface area contributed by atoms with Gasteiger partial charge < -0.3 is 10.2 Å². The minimum absolute atomic E-state index is 0.00611. The molecule has 2 saturated heterocycles. The summed E-state index contributed by atoms with van der Waals surface area (Å²) in [5.74, 6) is -0.486. The van der Waals surface area contributed by atoms with E-state index in [4.69, 9.17) is 0 Å². The molecule has 3 rings (SSSR count). The highest BCUT2D eigenvalue weighted by Crippen LogP contribution is 2.28. The zero-order valence-electron chi connectivity index (χ0n) is 17.2. The third-order valence-electron chi connectivity index (χ3n) is 5.87. The van der Waals surface area contributed by atoms with E-state index in [1.807, 2.05) is 37.3 Å². The first-order valence-electron chi connectivity index (χ1n) is 10.0. The lowest BCUT2D eigenvalue weighted by molar-refractivity contribution is -0.130. The van der Waals surface area contributed by atoms with Crippen LogP contribution in [0.15, 0.2) is 30.3 Å².